The van der Waals surface area contributed by atoms with E-state index in [4.69, 9.17) is 0 Å². The molecule has 0 spiro atoms. The third-order valence-electron chi connectivity index (χ3n) is 6.36. The minimum atomic E-state index is 0.900. The van der Waals surface area contributed by atoms with Crippen LogP contribution < -0.4 is 0 Å². The van der Waals surface area contributed by atoms with Crippen molar-refractivity contribution in [1.82, 2.24) is 0 Å². The first-order valence-corrected chi connectivity index (χ1v) is 10.1. The molecule has 2 saturated carbocycles. The zero-order valence-corrected chi connectivity index (χ0v) is 14.9. The molecule has 2 rings (SSSR count). The van der Waals surface area contributed by atoms with E-state index >= 15 is 0 Å². The van der Waals surface area contributed by atoms with Crippen molar-refractivity contribution in [2.45, 2.75) is 90.4 Å². The first kappa shape index (κ1) is 17.8. The summed E-state index contributed by atoms with van der Waals surface area (Å²) in [6, 6.07) is 0. The van der Waals surface area contributed by atoms with E-state index in [0.29, 0.717) is 0 Å². The molecule has 0 N–H and O–H groups in total. The molecule has 0 nitrogen and oxygen atoms in total. The smallest absolute Gasteiger partial charge is 0.0233 e. The Morgan fingerprint density at radius 3 is 1.86 bits per heavy atom. The van der Waals surface area contributed by atoms with Gasteiger partial charge in [0.2, 0.25) is 0 Å². The fraction of sp³-hybridized carbons (Fsp3) is 0.818. The van der Waals surface area contributed by atoms with Crippen LogP contribution in [0.3, 0.4) is 0 Å². The molecule has 0 heteroatoms. The summed E-state index contributed by atoms with van der Waals surface area (Å²) in [5.74, 6) is 3.94. The summed E-state index contributed by atoms with van der Waals surface area (Å²) in [6.45, 7) is 6.20. The molecular weight excluding hydrogens is 264 g/mol. The Kier molecular flexibility index (Phi) is 8.34. The lowest BCUT2D eigenvalue weighted by atomic mass is 9.78. The second kappa shape index (κ2) is 10.3. The molecule has 0 atom stereocenters. The first-order chi connectivity index (χ1) is 10.8. The van der Waals surface area contributed by atoms with Crippen molar-refractivity contribution in [2.24, 2.45) is 23.7 Å². The topological polar surface area (TPSA) is 0 Å². The van der Waals surface area contributed by atoms with Gasteiger partial charge in [0.25, 0.3) is 0 Å². The monoisotopic (exact) mass is 302 g/mol. The molecule has 0 amide bonds. The fourth-order valence-electron chi connectivity index (χ4n) is 4.57. The largest absolute Gasteiger partial charge is 0.103 e. The van der Waals surface area contributed by atoms with Crippen molar-refractivity contribution in [3.8, 4) is 0 Å². The molecule has 0 aliphatic heterocycles. The van der Waals surface area contributed by atoms with Gasteiger partial charge in [0, 0.05) is 0 Å². The molecule has 0 aromatic carbocycles. The Morgan fingerprint density at radius 2 is 1.32 bits per heavy atom. The summed E-state index contributed by atoms with van der Waals surface area (Å²) in [4.78, 5) is 0. The van der Waals surface area contributed by atoms with E-state index in [1.54, 1.807) is 0 Å². The van der Waals surface area contributed by atoms with Gasteiger partial charge < -0.3 is 0 Å². The standard InChI is InChI=1S/C22H38/c1-3-5-8-20-15-17-22(18-16-20)10-7-6-9-21-13-11-19(4-2)12-14-21/h3,6,9,19-22H,1,4-5,7-8,10-18H2,2H3/b9-6+. The molecule has 0 saturated heterocycles. The summed E-state index contributed by atoms with van der Waals surface area (Å²) in [5, 5.41) is 0. The van der Waals surface area contributed by atoms with Gasteiger partial charge in [0.15, 0.2) is 0 Å². The van der Waals surface area contributed by atoms with Crippen LogP contribution in [0, 0.1) is 23.7 Å². The summed E-state index contributed by atoms with van der Waals surface area (Å²) >= 11 is 0. The molecule has 2 aliphatic rings. The summed E-state index contributed by atoms with van der Waals surface area (Å²) in [5.41, 5.74) is 0. The normalized spacial score (nSPS) is 33.1. The number of hydrogen-bond acceptors (Lipinski definition) is 0. The minimum Gasteiger partial charge on any atom is -0.103 e. The lowest BCUT2D eigenvalue weighted by molar-refractivity contribution is 0.255. The van der Waals surface area contributed by atoms with Gasteiger partial charge in [-0.2, -0.15) is 0 Å². The highest BCUT2D eigenvalue weighted by atomic mass is 14.3. The lowest BCUT2D eigenvalue weighted by Gasteiger charge is -2.28. The summed E-state index contributed by atoms with van der Waals surface area (Å²) in [6.07, 6.45) is 25.7. The molecule has 0 heterocycles. The van der Waals surface area contributed by atoms with E-state index in [1.807, 2.05) is 0 Å². The van der Waals surface area contributed by atoms with Crippen molar-refractivity contribution < 1.29 is 0 Å². The molecule has 0 bridgehead atoms. The first-order valence-electron chi connectivity index (χ1n) is 10.1. The van der Waals surface area contributed by atoms with E-state index < -0.39 is 0 Å². The van der Waals surface area contributed by atoms with Crippen LogP contribution in [0.2, 0.25) is 0 Å². The Bertz CT molecular complexity index is 311. The van der Waals surface area contributed by atoms with Crippen molar-refractivity contribution in [2.75, 3.05) is 0 Å². The second-order valence-corrected chi connectivity index (χ2v) is 7.95. The van der Waals surface area contributed by atoms with Crippen LogP contribution in [-0.4, -0.2) is 0 Å². The van der Waals surface area contributed by atoms with E-state index in [2.05, 4.69) is 31.7 Å². The van der Waals surface area contributed by atoms with Crippen LogP contribution in [-0.2, 0) is 0 Å². The number of allylic oxidation sites excluding steroid dienone is 3. The van der Waals surface area contributed by atoms with Gasteiger partial charge in [-0.25, -0.2) is 0 Å². The molecule has 22 heavy (non-hydrogen) atoms. The Morgan fingerprint density at radius 1 is 0.773 bits per heavy atom. The van der Waals surface area contributed by atoms with Crippen LogP contribution in [0.1, 0.15) is 90.4 Å². The van der Waals surface area contributed by atoms with E-state index in [-0.39, 0.29) is 0 Å². The molecule has 0 unspecified atom stereocenters. The molecular formula is C22H38. The number of hydrogen-bond donors (Lipinski definition) is 0. The van der Waals surface area contributed by atoms with Crippen LogP contribution in [0.25, 0.3) is 0 Å². The van der Waals surface area contributed by atoms with Gasteiger partial charge in [-0.15, -0.1) is 6.58 Å². The molecule has 0 aromatic rings. The van der Waals surface area contributed by atoms with Crippen molar-refractivity contribution in [3.63, 3.8) is 0 Å². The molecule has 126 valence electrons. The highest BCUT2D eigenvalue weighted by molar-refractivity contribution is 4.91. The minimum absolute atomic E-state index is 0.900. The zero-order valence-electron chi connectivity index (χ0n) is 14.9. The van der Waals surface area contributed by atoms with E-state index in [0.717, 1.165) is 23.7 Å². The highest BCUT2D eigenvalue weighted by Gasteiger charge is 2.20. The molecule has 0 aromatic heterocycles. The Balaban J connectivity index is 1.54. The summed E-state index contributed by atoms with van der Waals surface area (Å²) < 4.78 is 0. The predicted octanol–water partition coefficient (Wildman–Crippen LogP) is 7.31. The van der Waals surface area contributed by atoms with Crippen LogP contribution in [0.5, 0.6) is 0 Å². The molecule has 2 aliphatic carbocycles. The third kappa shape index (κ3) is 6.31. The average Bonchev–Trinajstić information content (AvgIpc) is 2.58. The lowest BCUT2D eigenvalue weighted by Crippen LogP contribution is -2.14. The van der Waals surface area contributed by atoms with Gasteiger partial charge in [0.1, 0.15) is 0 Å². The molecule has 2 fully saturated rings. The number of rotatable bonds is 8. The highest BCUT2D eigenvalue weighted by Crippen LogP contribution is 2.34. The fourth-order valence-corrected chi connectivity index (χ4v) is 4.57. The average molecular weight is 303 g/mol. The summed E-state index contributed by atoms with van der Waals surface area (Å²) in [7, 11) is 0. The van der Waals surface area contributed by atoms with Gasteiger partial charge in [-0.05, 0) is 75.0 Å². The second-order valence-electron chi connectivity index (χ2n) is 7.95. The van der Waals surface area contributed by atoms with Gasteiger partial charge in [-0.3, -0.25) is 0 Å². The SMILES string of the molecule is C=CCCC1CCC(CC/C=C/C2CCC(CC)CC2)CC1. The predicted molar refractivity (Wildman–Crippen MR) is 99.0 cm³/mol. The van der Waals surface area contributed by atoms with Crippen molar-refractivity contribution in [3.05, 3.63) is 24.8 Å². The van der Waals surface area contributed by atoms with Crippen LogP contribution >= 0.6 is 0 Å². The van der Waals surface area contributed by atoms with Gasteiger partial charge in [-0.1, -0.05) is 57.3 Å². The maximum atomic E-state index is 3.85. The Labute approximate surface area is 139 Å². The van der Waals surface area contributed by atoms with Crippen molar-refractivity contribution >= 4 is 0 Å². The van der Waals surface area contributed by atoms with Gasteiger partial charge >= 0.3 is 0 Å². The van der Waals surface area contributed by atoms with E-state index in [1.165, 1.54) is 83.5 Å². The maximum Gasteiger partial charge on any atom is -0.0233 e. The zero-order chi connectivity index (χ0) is 15.6. The van der Waals surface area contributed by atoms with Crippen LogP contribution in [0.15, 0.2) is 24.8 Å². The van der Waals surface area contributed by atoms with Gasteiger partial charge in [0.05, 0.1) is 0 Å². The quantitative estimate of drug-likeness (QED) is 0.412. The van der Waals surface area contributed by atoms with Crippen LogP contribution in [0.4, 0.5) is 0 Å². The van der Waals surface area contributed by atoms with E-state index in [9.17, 15) is 0 Å². The third-order valence-corrected chi connectivity index (χ3v) is 6.36. The van der Waals surface area contributed by atoms with Crippen molar-refractivity contribution in [1.29, 1.82) is 0 Å². The molecule has 0 radical (unpaired) electrons. The Hall–Kier alpha value is -0.520. The maximum absolute atomic E-state index is 3.85.